The van der Waals surface area contributed by atoms with E-state index in [2.05, 4.69) is 5.32 Å². The number of aryl methyl sites for hydroxylation is 3. The fraction of sp³-hybridized carbons (Fsp3) is 0.440. The number of carbonyl (C=O) groups is 2. The van der Waals surface area contributed by atoms with E-state index in [-0.39, 0.29) is 31.1 Å². The van der Waals surface area contributed by atoms with Gasteiger partial charge in [0.05, 0.1) is 6.10 Å². The van der Waals surface area contributed by atoms with Crippen LogP contribution < -0.4 is 10.1 Å². The second-order valence-corrected chi connectivity index (χ2v) is 8.26. The van der Waals surface area contributed by atoms with Gasteiger partial charge >= 0.3 is 0 Å². The third-order valence-corrected chi connectivity index (χ3v) is 5.71. The molecule has 1 fully saturated rings. The molecule has 1 saturated heterocycles. The summed E-state index contributed by atoms with van der Waals surface area (Å²) in [7, 11) is 0. The summed E-state index contributed by atoms with van der Waals surface area (Å²) >= 11 is 0. The van der Waals surface area contributed by atoms with Gasteiger partial charge in [-0.15, -0.1) is 0 Å². The largest absolute Gasteiger partial charge is 0.483 e. The van der Waals surface area contributed by atoms with Crippen molar-refractivity contribution in [2.75, 3.05) is 31.6 Å². The molecule has 1 heterocycles. The Morgan fingerprint density at radius 2 is 1.94 bits per heavy atom. The van der Waals surface area contributed by atoms with Crippen molar-refractivity contribution in [3.05, 3.63) is 58.7 Å². The zero-order valence-corrected chi connectivity index (χ0v) is 18.9. The highest BCUT2D eigenvalue weighted by molar-refractivity contribution is 5.95. The maximum Gasteiger partial charge on any atom is 0.261 e. The average molecular weight is 425 g/mol. The van der Waals surface area contributed by atoms with Crippen molar-refractivity contribution in [3.8, 4) is 5.75 Å². The van der Waals surface area contributed by atoms with E-state index in [1.165, 1.54) is 0 Å². The van der Waals surface area contributed by atoms with Gasteiger partial charge in [0.25, 0.3) is 5.91 Å². The number of anilines is 1. The quantitative estimate of drug-likeness (QED) is 0.697. The second kappa shape index (κ2) is 10.4. The van der Waals surface area contributed by atoms with Crippen LogP contribution in [0.5, 0.6) is 5.75 Å². The van der Waals surface area contributed by atoms with Crippen LogP contribution in [0.3, 0.4) is 0 Å². The molecule has 1 aliphatic heterocycles. The molecular formula is C25H32N2O4. The molecule has 1 aliphatic rings. The van der Waals surface area contributed by atoms with E-state index >= 15 is 0 Å². The van der Waals surface area contributed by atoms with Crippen molar-refractivity contribution in [2.45, 2.75) is 46.6 Å². The number of nitrogens with zero attached hydrogens (tertiary/aromatic N) is 1. The molecule has 3 rings (SSSR count). The van der Waals surface area contributed by atoms with Gasteiger partial charge in [0.1, 0.15) is 12.3 Å². The van der Waals surface area contributed by atoms with Gasteiger partial charge in [0.15, 0.2) is 6.61 Å². The molecule has 166 valence electrons. The summed E-state index contributed by atoms with van der Waals surface area (Å²) in [5.74, 6) is 0.226. The number of rotatable bonds is 8. The first-order valence-electron chi connectivity index (χ1n) is 10.8. The number of amides is 2. The van der Waals surface area contributed by atoms with Crippen molar-refractivity contribution in [1.29, 1.82) is 0 Å². The van der Waals surface area contributed by atoms with Crippen LogP contribution in [0.25, 0.3) is 0 Å². The molecule has 31 heavy (non-hydrogen) atoms. The van der Waals surface area contributed by atoms with Gasteiger partial charge in [-0.3, -0.25) is 9.59 Å². The molecule has 1 atom stereocenters. The predicted molar refractivity (Wildman–Crippen MR) is 122 cm³/mol. The third-order valence-electron chi connectivity index (χ3n) is 5.71. The van der Waals surface area contributed by atoms with Crippen LogP contribution in [-0.4, -0.2) is 49.1 Å². The van der Waals surface area contributed by atoms with E-state index in [4.69, 9.17) is 9.47 Å². The van der Waals surface area contributed by atoms with Gasteiger partial charge < -0.3 is 19.7 Å². The highest BCUT2D eigenvalue weighted by Gasteiger charge is 2.25. The Kier molecular flexibility index (Phi) is 7.69. The van der Waals surface area contributed by atoms with Gasteiger partial charge in [-0.1, -0.05) is 24.3 Å². The van der Waals surface area contributed by atoms with Gasteiger partial charge in [-0.05, 0) is 74.9 Å². The molecule has 0 spiro atoms. The first kappa shape index (κ1) is 22.8. The van der Waals surface area contributed by atoms with E-state index in [1.807, 2.05) is 64.1 Å². The molecule has 6 heteroatoms. The minimum atomic E-state index is -0.230. The Morgan fingerprint density at radius 3 is 2.68 bits per heavy atom. The zero-order chi connectivity index (χ0) is 22.4. The molecule has 0 radical (unpaired) electrons. The Bertz CT molecular complexity index is 935. The number of ether oxygens (including phenoxy) is 2. The molecule has 0 aromatic heterocycles. The summed E-state index contributed by atoms with van der Waals surface area (Å²) < 4.78 is 11.5. The molecule has 0 saturated carbocycles. The number of benzene rings is 2. The van der Waals surface area contributed by atoms with E-state index in [0.29, 0.717) is 18.9 Å². The van der Waals surface area contributed by atoms with Gasteiger partial charge in [0, 0.05) is 18.8 Å². The maximum atomic E-state index is 13.0. The number of hydrogen-bond donors (Lipinski definition) is 1. The zero-order valence-electron chi connectivity index (χ0n) is 18.9. The van der Waals surface area contributed by atoms with Gasteiger partial charge in [-0.25, -0.2) is 0 Å². The summed E-state index contributed by atoms with van der Waals surface area (Å²) in [5, 5.41) is 2.94. The van der Waals surface area contributed by atoms with E-state index in [1.54, 1.807) is 4.90 Å². The molecule has 2 amide bonds. The second-order valence-electron chi connectivity index (χ2n) is 8.26. The predicted octanol–water partition coefficient (Wildman–Crippen LogP) is 3.95. The maximum absolute atomic E-state index is 13.0. The van der Waals surface area contributed by atoms with Crippen LogP contribution in [0.2, 0.25) is 0 Å². The fourth-order valence-corrected chi connectivity index (χ4v) is 3.63. The van der Waals surface area contributed by atoms with Crippen LogP contribution in [0.1, 0.15) is 35.1 Å². The SMILES string of the molecule is Cc1ccc(C)c(OCC(=O)N(CC(=O)Nc2cccc(C)c2C)C[C@@H]2CCCO2)c1. The first-order chi connectivity index (χ1) is 14.8. The van der Waals surface area contributed by atoms with Crippen LogP contribution in [0.15, 0.2) is 36.4 Å². The average Bonchev–Trinajstić information content (AvgIpc) is 3.24. The van der Waals surface area contributed by atoms with Gasteiger partial charge in [-0.2, -0.15) is 0 Å². The van der Waals surface area contributed by atoms with E-state index in [9.17, 15) is 9.59 Å². The van der Waals surface area contributed by atoms with Crippen molar-refractivity contribution < 1.29 is 19.1 Å². The van der Waals surface area contributed by atoms with Crippen LogP contribution in [-0.2, 0) is 14.3 Å². The minimum absolute atomic E-state index is 0.0394. The molecule has 0 bridgehead atoms. The Morgan fingerprint density at radius 1 is 1.13 bits per heavy atom. The van der Waals surface area contributed by atoms with Crippen LogP contribution in [0.4, 0.5) is 5.69 Å². The smallest absolute Gasteiger partial charge is 0.261 e. The topological polar surface area (TPSA) is 67.9 Å². The highest BCUT2D eigenvalue weighted by atomic mass is 16.5. The van der Waals surface area contributed by atoms with E-state index < -0.39 is 0 Å². The van der Waals surface area contributed by atoms with Crippen molar-refractivity contribution in [1.82, 2.24) is 4.90 Å². The monoisotopic (exact) mass is 424 g/mol. The molecular weight excluding hydrogens is 392 g/mol. The van der Waals surface area contributed by atoms with Crippen molar-refractivity contribution in [2.24, 2.45) is 0 Å². The number of carbonyl (C=O) groups excluding carboxylic acids is 2. The summed E-state index contributed by atoms with van der Waals surface area (Å²) in [6.45, 7) is 8.82. The highest BCUT2D eigenvalue weighted by Crippen LogP contribution is 2.20. The number of nitrogens with one attached hydrogen (secondary N) is 1. The van der Waals surface area contributed by atoms with Crippen LogP contribution in [0, 0.1) is 27.7 Å². The summed E-state index contributed by atoms with van der Waals surface area (Å²) in [4.78, 5) is 27.3. The minimum Gasteiger partial charge on any atom is -0.483 e. The summed E-state index contributed by atoms with van der Waals surface area (Å²) in [6, 6.07) is 11.7. The molecule has 0 unspecified atom stereocenters. The Labute approximate surface area is 184 Å². The normalized spacial score (nSPS) is 15.5. The third kappa shape index (κ3) is 6.31. The molecule has 2 aromatic carbocycles. The van der Waals surface area contributed by atoms with Crippen LogP contribution >= 0.6 is 0 Å². The molecule has 2 aromatic rings. The lowest BCUT2D eigenvalue weighted by atomic mass is 10.1. The Hall–Kier alpha value is -2.86. The van der Waals surface area contributed by atoms with Crippen molar-refractivity contribution >= 4 is 17.5 Å². The molecule has 0 aliphatic carbocycles. The number of hydrogen-bond acceptors (Lipinski definition) is 4. The summed E-state index contributed by atoms with van der Waals surface area (Å²) in [6.07, 6.45) is 1.82. The van der Waals surface area contributed by atoms with Crippen molar-refractivity contribution in [3.63, 3.8) is 0 Å². The standard InChI is InChI=1S/C25H32N2O4/c1-17-10-11-19(3)23(13-17)31-16-25(29)27(14-21-8-6-12-30-21)15-24(28)26-22-9-5-7-18(2)20(22)4/h5,7,9-11,13,21H,6,8,12,14-16H2,1-4H3,(H,26,28)/t21-/m0/s1. The Balaban J connectivity index is 1.66. The van der Waals surface area contributed by atoms with E-state index in [0.717, 1.165) is 40.8 Å². The van der Waals surface area contributed by atoms with Gasteiger partial charge in [0.2, 0.25) is 5.91 Å². The lowest BCUT2D eigenvalue weighted by Gasteiger charge is -2.25. The first-order valence-corrected chi connectivity index (χ1v) is 10.8. The molecule has 1 N–H and O–H groups in total. The lowest BCUT2D eigenvalue weighted by Crippen LogP contribution is -2.44. The summed E-state index contributed by atoms with van der Waals surface area (Å²) in [5.41, 5.74) is 4.92. The molecule has 6 nitrogen and oxygen atoms in total. The fourth-order valence-electron chi connectivity index (χ4n) is 3.63. The lowest BCUT2D eigenvalue weighted by molar-refractivity contribution is -0.138.